The molecule has 0 aliphatic carbocycles. The number of pyridine rings is 1. The average Bonchev–Trinajstić information content (AvgIpc) is 2.25. The molecular weight excluding hydrogens is 209 g/mol. The van der Waals surface area contributed by atoms with E-state index in [4.69, 9.17) is 5.73 Å². The molecule has 2 N–H and O–H groups in total. The van der Waals surface area contributed by atoms with Gasteiger partial charge in [-0.15, -0.1) is 0 Å². The second kappa shape index (κ2) is 5.55. The molecule has 88 valence electrons. The van der Waals surface area contributed by atoms with Gasteiger partial charge in [-0.25, -0.2) is 4.39 Å². The van der Waals surface area contributed by atoms with E-state index in [1.807, 2.05) is 13.8 Å². The number of hydrogen-bond acceptors (Lipinski definition) is 3. The fourth-order valence-corrected chi connectivity index (χ4v) is 1.44. The van der Waals surface area contributed by atoms with Crippen molar-refractivity contribution in [2.45, 2.75) is 19.9 Å². The van der Waals surface area contributed by atoms with E-state index >= 15 is 0 Å². The van der Waals surface area contributed by atoms with Crippen LogP contribution in [0.1, 0.15) is 24.2 Å². The third kappa shape index (κ3) is 2.76. The van der Waals surface area contributed by atoms with Crippen LogP contribution in [0.25, 0.3) is 0 Å². The fourth-order valence-electron chi connectivity index (χ4n) is 1.44. The van der Waals surface area contributed by atoms with E-state index in [0.717, 1.165) is 6.20 Å². The van der Waals surface area contributed by atoms with E-state index in [9.17, 15) is 9.18 Å². The van der Waals surface area contributed by atoms with Gasteiger partial charge in [-0.1, -0.05) is 0 Å². The number of rotatable bonds is 4. The van der Waals surface area contributed by atoms with E-state index in [1.165, 1.54) is 12.3 Å². The molecule has 0 spiro atoms. The van der Waals surface area contributed by atoms with Gasteiger partial charge in [-0.2, -0.15) is 0 Å². The highest BCUT2D eigenvalue weighted by Gasteiger charge is 2.20. The van der Waals surface area contributed by atoms with Gasteiger partial charge in [0.05, 0.1) is 11.8 Å². The molecule has 1 heterocycles. The van der Waals surface area contributed by atoms with E-state index in [2.05, 4.69) is 4.98 Å². The number of nitrogens with zero attached hydrogens (tertiary/aromatic N) is 2. The predicted molar refractivity (Wildman–Crippen MR) is 59.4 cm³/mol. The lowest BCUT2D eigenvalue weighted by atomic mass is 10.2. The van der Waals surface area contributed by atoms with Gasteiger partial charge in [0.1, 0.15) is 0 Å². The number of carbonyl (C=O) groups excluding carboxylic acids is 1. The van der Waals surface area contributed by atoms with Crippen molar-refractivity contribution in [3.63, 3.8) is 0 Å². The maximum atomic E-state index is 13.4. The molecule has 0 unspecified atom stereocenters. The molecule has 0 radical (unpaired) electrons. The molecule has 0 aliphatic rings. The fraction of sp³-hybridized carbons (Fsp3) is 0.455. The minimum Gasteiger partial charge on any atom is -0.335 e. The Morgan fingerprint density at radius 1 is 1.62 bits per heavy atom. The first-order valence-corrected chi connectivity index (χ1v) is 5.18. The Morgan fingerprint density at radius 2 is 2.31 bits per heavy atom. The number of halogens is 1. The van der Waals surface area contributed by atoms with Crippen molar-refractivity contribution in [3.05, 3.63) is 29.8 Å². The summed E-state index contributed by atoms with van der Waals surface area (Å²) in [4.78, 5) is 17.1. The maximum Gasteiger partial charge on any atom is 0.257 e. The summed E-state index contributed by atoms with van der Waals surface area (Å²) in [5.74, 6) is -0.949. The molecule has 0 aliphatic heterocycles. The van der Waals surface area contributed by atoms with Gasteiger partial charge in [0.25, 0.3) is 5.91 Å². The molecule has 5 heteroatoms. The quantitative estimate of drug-likeness (QED) is 0.832. The Labute approximate surface area is 94.3 Å². The Bertz CT molecular complexity index is 368. The molecule has 0 saturated carbocycles. The number of aromatic nitrogens is 1. The van der Waals surface area contributed by atoms with Gasteiger partial charge in [0, 0.05) is 25.3 Å². The van der Waals surface area contributed by atoms with Crippen LogP contribution in [0.4, 0.5) is 4.39 Å². The normalized spacial score (nSPS) is 10.6. The summed E-state index contributed by atoms with van der Waals surface area (Å²) in [5.41, 5.74) is 5.46. The van der Waals surface area contributed by atoms with Crippen molar-refractivity contribution in [1.82, 2.24) is 9.88 Å². The van der Waals surface area contributed by atoms with Crippen LogP contribution in [-0.4, -0.2) is 34.9 Å². The molecule has 0 aromatic carbocycles. The van der Waals surface area contributed by atoms with E-state index < -0.39 is 5.82 Å². The van der Waals surface area contributed by atoms with Crippen LogP contribution in [0, 0.1) is 5.82 Å². The van der Waals surface area contributed by atoms with Gasteiger partial charge in [0.2, 0.25) is 0 Å². The van der Waals surface area contributed by atoms with Crippen LogP contribution in [0.5, 0.6) is 0 Å². The molecule has 0 fully saturated rings. The molecule has 1 aromatic heterocycles. The number of carbonyl (C=O) groups is 1. The third-order valence-electron chi connectivity index (χ3n) is 2.26. The van der Waals surface area contributed by atoms with Crippen molar-refractivity contribution in [3.8, 4) is 0 Å². The molecule has 1 aromatic rings. The molecule has 1 amide bonds. The van der Waals surface area contributed by atoms with Crippen molar-refractivity contribution < 1.29 is 9.18 Å². The topological polar surface area (TPSA) is 59.2 Å². The molecule has 1 rings (SSSR count). The second-order valence-electron chi connectivity index (χ2n) is 3.74. The lowest BCUT2D eigenvalue weighted by Crippen LogP contribution is -2.40. The molecule has 0 bridgehead atoms. The molecular formula is C11H16FN3O. The second-order valence-corrected chi connectivity index (χ2v) is 3.74. The molecule has 0 atom stereocenters. The first-order valence-electron chi connectivity index (χ1n) is 5.18. The smallest absolute Gasteiger partial charge is 0.257 e. The molecule has 4 nitrogen and oxygen atoms in total. The minimum absolute atomic E-state index is 0.0105. The van der Waals surface area contributed by atoms with Crippen LogP contribution >= 0.6 is 0 Å². The Morgan fingerprint density at radius 3 is 2.81 bits per heavy atom. The van der Waals surface area contributed by atoms with E-state index in [1.54, 1.807) is 4.90 Å². The lowest BCUT2D eigenvalue weighted by Gasteiger charge is -2.26. The SMILES string of the molecule is CC(C)N(CCN)C(=O)c1ccncc1F. The van der Waals surface area contributed by atoms with Crippen LogP contribution in [0.2, 0.25) is 0 Å². The zero-order valence-electron chi connectivity index (χ0n) is 9.48. The first-order chi connectivity index (χ1) is 7.57. The maximum absolute atomic E-state index is 13.4. The zero-order valence-corrected chi connectivity index (χ0v) is 9.48. The van der Waals surface area contributed by atoms with Gasteiger partial charge in [-0.05, 0) is 19.9 Å². The highest BCUT2D eigenvalue weighted by molar-refractivity contribution is 5.94. The summed E-state index contributed by atoms with van der Waals surface area (Å²) >= 11 is 0. The summed E-state index contributed by atoms with van der Waals surface area (Å²) in [6.45, 7) is 4.51. The largest absolute Gasteiger partial charge is 0.335 e. The highest BCUT2D eigenvalue weighted by Crippen LogP contribution is 2.10. The van der Waals surface area contributed by atoms with E-state index in [-0.39, 0.29) is 17.5 Å². The zero-order chi connectivity index (χ0) is 12.1. The van der Waals surface area contributed by atoms with Crippen molar-refractivity contribution >= 4 is 5.91 Å². The average molecular weight is 225 g/mol. The van der Waals surface area contributed by atoms with Crippen molar-refractivity contribution in [1.29, 1.82) is 0 Å². The van der Waals surface area contributed by atoms with Crippen LogP contribution in [-0.2, 0) is 0 Å². The van der Waals surface area contributed by atoms with Crippen LogP contribution in [0.3, 0.4) is 0 Å². The monoisotopic (exact) mass is 225 g/mol. The summed E-state index contributed by atoms with van der Waals surface area (Å²) in [5, 5.41) is 0. The summed E-state index contributed by atoms with van der Waals surface area (Å²) in [6.07, 6.45) is 2.44. The van der Waals surface area contributed by atoms with Crippen LogP contribution in [0.15, 0.2) is 18.5 Å². The third-order valence-corrected chi connectivity index (χ3v) is 2.26. The van der Waals surface area contributed by atoms with Gasteiger partial charge >= 0.3 is 0 Å². The van der Waals surface area contributed by atoms with E-state index in [0.29, 0.717) is 13.1 Å². The predicted octanol–water partition coefficient (Wildman–Crippen LogP) is 1.03. The van der Waals surface area contributed by atoms with Gasteiger partial charge < -0.3 is 10.6 Å². The molecule has 16 heavy (non-hydrogen) atoms. The molecule has 0 saturated heterocycles. The Balaban J connectivity index is 2.95. The highest BCUT2D eigenvalue weighted by atomic mass is 19.1. The Kier molecular flexibility index (Phi) is 4.37. The first kappa shape index (κ1) is 12.6. The van der Waals surface area contributed by atoms with Gasteiger partial charge in [-0.3, -0.25) is 9.78 Å². The summed E-state index contributed by atoms with van der Waals surface area (Å²) < 4.78 is 13.4. The lowest BCUT2D eigenvalue weighted by molar-refractivity contribution is 0.0707. The summed E-state index contributed by atoms with van der Waals surface area (Å²) in [7, 11) is 0. The van der Waals surface area contributed by atoms with Crippen molar-refractivity contribution in [2.24, 2.45) is 5.73 Å². The van der Waals surface area contributed by atoms with Gasteiger partial charge in [0.15, 0.2) is 5.82 Å². The summed E-state index contributed by atoms with van der Waals surface area (Å²) in [6, 6.07) is 1.37. The number of hydrogen-bond donors (Lipinski definition) is 1. The number of amides is 1. The standard InChI is InChI=1S/C11H16FN3O/c1-8(2)15(6-4-13)11(16)9-3-5-14-7-10(9)12/h3,5,7-8H,4,6,13H2,1-2H3. The Hall–Kier alpha value is -1.49. The number of nitrogens with two attached hydrogens (primary N) is 1. The van der Waals surface area contributed by atoms with Crippen molar-refractivity contribution in [2.75, 3.05) is 13.1 Å². The minimum atomic E-state index is -0.602. The van der Waals surface area contributed by atoms with Crippen LogP contribution < -0.4 is 5.73 Å².